The van der Waals surface area contributed by atoms with E-state index in [4.69, 9.17) is 0 Å². The summed E-state index contributed by atoms with van der Waals surface area (Å²) in [6.45, 7) is 4.19. The fourth-order valence-electron chi connectivity index (χ4n) is 1.63. The number of carbonyl (C=O) groups excluding carboxylic acids is 1. The van der Waals surface area contributed by atoms with Crippen LogP contribution < -0.4 is 5.32 Å². The van der Waals surface area contributed by atoms with Gasteiger partial charge in [0.25, 0.3) is 0 Å². The summed E-state index contributed by atoms with van der Waals surface area (Å²) < 4.78 is 0. The Balaban J connectivity index is 2.16. The molecule has 0 fully saturated rings. The molecule has 0 radical (unpaired) electrons. The van der Waals surface area contributed by atoms with Crippen LogP contribution in [-0.4, -0.2) is 17.7 Å². The standard InChI is InChI=1S/C14H21NOS/c1-3-7-12(2)15-14(16)10-11-17-13-8-5-4-6-9-13/h4-6,8-9,12H,3,7,10-11H2,1-2H3,(H,15,16)/t12-/m0/s1. The number of benzene rings is 1. The van der Waals surface area contributed by atoms with Crippen LogP contribution >= 0.6 is 11.8 Å². The van der Waals surface area contributed by atoms with Crippen molar-refractivity contribution in [3.05, 3.63) is 30.3 Å². The summed E-state index contributed by atoms with van der Waals surface area (Å²) in [5.74, 6) is 1.00. The van der Waals surface area contributed by atoms with E-state index in [0.29, 0.717) is 12.5 Å². The first-order valence-corrected chi connectivity index (χ1v) is 7.18. The molecular weight excluding hydrogens is 230 g/mol. The van der Waals surface area contributed by atoms with E-state index in [-0.39, 0.29) is 5.91 Å². The lowest BCUT2D eigenvalue weighted by Crippen LogP contribution is -2.32. The lowest BCUT2D eigenvalue weighted by Gasteiger charge is -2.12. The van der Waals surface area contributed by atoms with E-state index in [9.17, 15) is 4.79 Å². The van der Waals surface area contributed by atoms with Crippen LogP contribution in [0.25, 0.3) is 0 Å². The molecule has 0 saturated carbocycles. The Hall–Kier alpha value is -0.960. The van der Waals surface area contributed by atoms with Crippen molar-refractivity contribution in [1.82, 2.24) is 5.32 Å². The van der Waals surface area contributed by atoms with Gasteiger partial charge in [-0.05, 0) is 25.5 Å². The van der Waals surface area contributed by atoms with E-state index in [1.807, 2.05) is 18.2 Å². The molecule has 94 valence electrons. The molecule has 0 spiro atoms. The topological polar surface area (TPSA) is 29.1 Å². The van der Waals surface area contributed by atoms with Crippen molar-refractivity contribution >= 4 is 17.7 Å². The molecule has 0 bridgehead atoms. The molecule has 0 saturated heterocycles. The first-order valence-electron chi connectivity index (χ1n) is 6.19. The molecule has 0 aliphatic rings. The average molecular weight is 251 g/mol. The maximum atomic E-state index is 11.6. The van der Waals surface area contributed by atoms with Gasteiger partial charge in [-0.15, -0.1) is 11.8 Å². The summed E-state index contributed by atoms with van der Waals surface area (Å²) in [5, 5.41) is 3.01. The minimum Gasteiger partial charge on any atom is -0.354 e. The van der Waals surface area contributed by atoms with Gasteiger partial charge in [0.15, 0.2) is 0 Å². The number of hydrogen-bond acceptors (Lipinski definition) is 2. The Morgan fingerprint density at radius 1 is 1.35 bits per heavy atom. The summed E-state index contributed by atoms with van der Waals surface area (Å²) in [5.41, 5.74) is 0. The highest BCUT2D eigenvalue weighted by Crippen LogP contribution is 2.17. The lowest BCUT2D eigenvalue weighted by atomic mass is 10.2. The molecule has 1 atom stereocenters. The van der Waals surface area contributed by atoms with Gasteiger partial charge in [-0.25, -0.2) is 0 Å². The second-order valence-electron chi connectivity index (χ2n) is 4.17. The number of hydrogen-bond donors (Lipinski definition) is 1. The van der Waals surface area contributed by atoms with Crippen molar-refractivity contribution in [1.29, 1.82) is 0 Å². The summed E-state index contributed by atoms with van der Waals surface area (Å²) >= 11 is 1.73. The molecule has 1 amide bonds. The average Bonchev–Trinajstić information content (AvgIpc) is 2.30. The second-order valence-corrected chi connectivity index (χ2v) is 5.34. The lowest BCUT2D eigenvalue weighted by molar-refractivity contribution is -0.121. The van der Waals surface area contributed by atoms with Gasteiger partial charge in [-0.3, -0.25) is 4.79 Å². The zero-order valence-electron chi connectivity index (χ0n) is 10.6. The predicted molar refractivity (Wildman–Crippen MR) is 74.3 cm³/mol. The highest BCUT2D eigenvalue weighted by molar-refractivity contribution is 7.99. The largest absolute Gasteiger partial charge is 0.354 e. The van der Waals surface area contributed by atoms with Gasteiger partial charge in [0.05, 0.1) is 0 Å². The third kappa shape index (κ3) is 6.37. The highest BCUT2D eigenvalue weighted by Gasteiger charge is 2.06. The Morgan fingerprint density at radius 3 is 2.71 bits per heavy atom. The molecule has 0 aliphatic carbocycles. The maximum Gasteiger partial charge on any atom is 0.221 e. The van der Waals surface area contributed by atoms with Crippen LogP contribution in [0.1, 0.15) is 33.1 Å². The number of carbonyl (C=O) groups is 1. The molecule has 1 N–H and O–H groups in total. The van der Waals surface area contributed by atoms with Crippen molar-refractivity contribution in [3.63, 3.8) is 0 Å². The van der Waals surface area contributed by atoms with Crippen LogP contribution in [0.15, 0.2) is 35.2 Å². The van der Waals surface area contributed by atoms with Crippen molar-refractivity contribution < 1.29 is 4.79 Å². The first kappa shape index (κ1) is 14.1. The summed E-state index contributed by atoms with van der Waals surface area (Å²) in [6, 6.07) is 10.5. The Bertz CT molecular complexity index is 326. The van der Waals surface area contributed by atoms with Crippen LogP contribution in [0, 0.1) is 0 Å². The van der Waals surface area contributed by atoms with Crippen molar-refractivity contribution in [2.75, 3.05) is 5.75 Å². The van der Waals surface area contributed by atoms with Crippen molar-refractivity contribution in [2.24, 2.45) is 0 Å². The normalized spacial score (nSPS) is 12.1. The van der Waals surface area contributed by atoms with Gasteiger partial charge in [-0.2, -0.15) is 0 Å². The van der Waals surface area contributed by atoms with E-state index in [1.165, 1.54) is 4.90 Å². The smallest absolute Gasteiger partial charge is 0.221 e. The quantitative estimate of drug-likeness (QED) is 0.752. The summed E-state index contributed by atoms with van der Waals surface area (Å²) in [6.07, 6.45) is 2.76. The molecule has 0 unspecified atom stereocenters. The second kappa shape index (κ2) is 8.18. The van der Waals surface area contributed by atoms with Crippen LogP contribution in [0.3, 0.4) is 0 Å². The zero-order chi connectivity index (χ0) is 12.5. The van der Waals surface area contributed by atoms with E-state index >= 15 is 0 Å². The minimum atomic E-state index is 0.161. The third-order valence-electron chi connectivity index (χ3n) is 2.47. The SMILES string of the molecule is CCC[C@H](C)NC(=O)CCSc1ccccc1. The number of amides is 1. The molecule has 0 heterocycles. The molecule has 0 aromatic heterocycles. The van der Waals surface area contributed by atoms with Gasteiger partial charge in [-0.1, -0.05) is 31.5 Å². The fourth-order valence-corrected chi connectivity index (χ4v) is 2.50. The van der Waals surface area contributed by atoms with Crippen LogP contribution in [0.5, 0.6) is 0 Å². The van der Waals surface area contributed by atoms with Crippen LogP contribution in [-0.2, 0) is 4.79 Å². The van der Waals surface area contributed by atoms with Gasteiger partial charge in [0.2, 0.25) is 5.91 Å². The first-order chi connectivity index (χ1) is 8.22. The monoisotopic (exact) mass is 251 g/mol. The molecule has 3 heteroatoms. The molecular formula is C14H21NOS. The van der Waals surface area contributed by atoms with Gasteiger partial charge < -0.3 is 5.32 Å². The molecule has 17 heavy (non-hydrogen) atoms. The molecule has 2 nitrogen and oxygen atoms in total. The van der Waals surface area contributed by atoms with Gasteiger partial charge >= 0.3 is 0 Å². The fraction of sp³-hybridized carbons (Fsp3) is 0.500. The van der Waals surface area contributed by atoms with Crippen molar-refractivity contribution in [3.8, 4) is 0 Å². The Labute approximate surface area is 108 Å². The Kier molecular flexibility index (Phi) is 6.78. The van der Waals surface area contributed by atoms with Gasteiger partial charge in [0, 0.05) is 23.1 Å². The van der Waals surface area contributed by atoms with Crippen LogP contribution in [0.4, 0.5) is 0 Å². The highest BCUT2D eigenvalue weighted by atomic mass is 32.2. The molecule has 1 aromatic rings. The van der Waals surface area contributed by atoms with Gasteiger partial charge in [0.1, 0.15) is 0 Å². The summed E-state index contributed by atoms with van der Waals surface area (Å²) in [7, 11) is 0. The van der Waals surface area contributed by atoms with E-state index in [1.54, 1.807) is 11.8 Å². The third-order valence-corrected chi connectivity index (χ3v) is 3.48. The van der Waals surface area contributed by atoms with Crippen molar-refractivity contribution in [2.45, 2.75) is 44.0 Å². The molecule has 1 rings (SSSR count). The maximum absolute atomic E-state index is 11.6. The number of rotatable bonds is 7. The van der Waals surface area contributed by atoms with E-state index in [0.717, 1.165) is 18.6 Å². The summed E-state index contributed by atoms with van der Waals surface area (Å²) in [4.78, 5) is 12.8. The number of nitrogens with one attached hydrogen (secondary N) is 1. The minimum absolute atomic E-state index is 0.161. The predicted octanol–water partition coefficient (Wildman–Crippen LogP) is 3.47. The zero-order valence-corrected chi connectivity index (χ0v) is 11.4. The molecule has 0 aliphatic heterocycles. The molecule has 1 aromatic carbocycles. The van der Waals surface area contributed by atoms with E-state index < -0.39 is 0 Å². The van der Waals surface area contributed by atoms with E-state index in [2.05, 4.69) is 31.3 Å². The Morgan fingerprint density at radius 2 is 2.06 bits per heavy atom. The van der Waals surface area contributed by atoms with Crippen LogP contribution in [0.2, 0.25) is 0 Å². The number of thioether (sulfide) groups is 1.